The van der Waals surface area contributed by atoms with E-state index < -0.39 is 23.2 Å². The van der Waals surface area contributed by atoms with Gasteiger partial charge in [-0.3, -0.25) is 0 Å². The molecule has 1 nitrogen and oxygen atoms in total. The quantitative estimate of drug-likeness (QED) is 0.829. The van der Waals surface area contributed by atoms with Crippen molar-refractivity contribution in [3.8, 4) is 0 Å². The maximum absolute atomic E-state index is 13.6. The van der Waals surface area contributed by atoms with Gasteiger partial charge >= 0.3 is 6.18 Å². The number of hydrogen-bond donors (Lipinski definition) is 1. The molecule has 1 N–H and O–H groups in total. The zero-order valence-electron chi connectivity index (χ0n) is 8.91. The number of thiophene rings is 1. The molecule has 0 spiro atoms. The molecule has 2 aromatic rings. The van der Waals surface area contributed by atoms with E-state index in [-0.39, 0.29) is 4.88 Å². The van der Waals surface area contributed by atoms with E-state index in [1.807, 2.05) is 0 Å². The van der Waals surface area contributed by atoms with Crippen LogP contribution in [0.3, 0.4) is 0 Å². The molecular formula is C12H8F4OS. The summed E-state index contributed by atoms with van der Waals surface area (Å²) in [6, 6.07) is 6.84. The van der Waals surface area contributed by atoms with Crippen LogP contribution in [0.25, 0.3) is 0 Å². The molecule has 0 saturated carbocycles. The molecule has 0 radical (unpaired) electrons. The average Bonchev–Trinajstić information content (AvgIpc) is 2.80. The minimum Gasteiger partial charge on any atom is -0.371 e. The van der Waals surface area contributed by atoms with Crippen LogP contribution in [0.5, 0.6) is 0 Å². The van der Waals surface area contributed by atoms with E-state index in [1.54, 1.807) is 0 Å². The molecule has 1 aromatic heterocycles. The second-order valence-electron chi connectivity index (χ2n) is 3.67. The first kappa shape index (κ1) is 13.0. The highest BCUT2D eigenvalue weighted by molar-refractivity contribution is 7.10. The lowest BCUT2D eigenvalue weighted by atomic mass is 9.91. The second-order valence-corrected chi connectivity index (χ2v) is 4.61. The van der Waals surface area contributed by atoms with Crippen molar-refractivity contribution < 1.29 is 22.7 Å². The van der Waals surface area contributed by atoms with Crippen LogP contribution in [-0.2, 0) is 5.60 Å². The van der Waals surface area contributed by atoms with E-state index in [2.05, 4.69) is 0 Å². The summed E-state index contributed by atoms with van der Waals surface area (Å²) in [5.74, 6) is -1.09. The molecule has 1 unspecified atom stereocenters. The van der Waals surface area contributed by atoms with Crippen molar-refractivity contribution in [2.24, 2.45) is 0 Å². The normalized spacial score (nSPS) is 15.4. The van der Waals surface area contributed by atoms with Crippen LogP contribution in [-0.4, -0.2) is 11.3 Å². The molecule has 0 aliphatic rings. The van der Waals surface area contributed by atoms with Crippen LogP contribution in [0, 0.1) is 5.82 Å². The molecule has 0 amide bonds. The summed E-state index contributed by atoms with van der Waals surface area (Å²) < 4.78 is 52.9. The summed E-state index contributed by atoms with van der Waals surface area (Å²) in [6.45, 7) is 0. The first-order chi connectivity index (χ1) is 8.37. The van der Waals surface area contributed by atoms with Crippen LogP contribution < -0.4 is 0 Å². The number of aliphatic hydroxyl groups is 1. The molecule has 0 aliphatic carbocycles. The third kappa shape index (κ3) is 1.91. The molecule has 0 saturated heterocycles. The maximum atomic E-state index is 13.6. The van der Waals surface area contributed by atoms with Crippen molar-refractivity contribution in [3.05, 3.63) is 58.0 Å². The first-order valence-electron chi connectivity index (χ1n) is 4.95. The van der Waals surface area contributed by atoms with Crippen molar-refractivity contribution in [1.29, 1.82) is 0 Å². The van der Waals surface area contributed by atoms with Crippen molar-refractivity contribution in [1.82, 2.24) is 0 Å². The number of hydrogen-bond acceptors (Lipinski definition) is 2. The fraction of sp³-hybridized carbons (Fsp3) is 0.167. The van der Waals surface area contributed by atoms with Crippen LogP contribution in [0.1, 0.15) is 10.4 Å². The van der Waals surface area contributed by atoms with E-state index in [9.17, 15) is 22.7 Å². The highest BCUT2D eigenvalue weighted by Crippen LogP contribution is 2.46. The van der Waals surface area contributed by atoms with Gasteiger partial charge < -0.3 is 5.11 Å². The van der Waals surface area contributed by atoms with Crippen molar-refractivity contribution in [2.45, 2.75) is 11.8 Å². The Morgan fingerprint density at radius 2 is 1.67 bits per heavy atom. The third-order valence-corrected chi connectivity index (χ3v) is 3.53. The molecule has 0 aliphatic heterocycles. The van der Waals surface area contributed by atoms with E-state index in [0.29, 0.717) is 0 Å². The molecule has 6 heteroatoms. The van der Waals surface area contributed by atoms with Gasteiger partial charge in [0.05, 0.1) is 4.88 Å². The van der Waals surface area contributed by atoms with Crippen LogP contribution >= 0.6 is 11.3 Å². The number of benzene rings is 1. The van der Waals surface area contributed by atoms with Gasteiger partial charge in [-0.2, -0.15) is 13.2 Å². The summed E-state index contributed by atoms with van der Waals surface area (Å²) in [6.07, 6.45) is -5.00. The van der Waals surface area contributed by atoms with Crippen LogP contribution in [0.15, 0.2) is 41.8 Å². The zero-order chi connectivity index (χ0) is 13.4. The molecule has 1 atom stereocenters. The molecule has 0 fully saturated rings. The molecule has 2 rings (SSSR count). The minimum absolute atomic E-state index is 0.361. The second kappa shape index (κ2) is 4.37. The SMILES string of the molecule is OC(c1cccs1)(c1ccccc1F)C(F)(F)F. The van der Waals surface area contributed by atoms with Gasteiger partial charge in [0.25, 0.3) is 0 Å². The highest BCUT2D eigenvalue weighted by Gasteiger charge is 2.58. The number of rotatable bonds is 2. The van der Waals surface area contributed by atoms with Gasteiger partial charge in [-0.05, 0) is 17.5 Å². The number of alkyl halides is 3. The number of halogens is 4. The van der Waals surface area contributed by atoms with E-state index in [1.165, 1.54) is 23.6 Å². The van der Waals surface area contributed by atoms with Crippen molar-refractivity contribution in [2.75, 3.05) is 0 Å². The fourth-order valence-corrected chi connectivity index (χ4v) is 2.52. The Balaban J connectivity index is 2.69. The van der Waals surface area contributed by atoms with E-state index in [4.69, 9.17) is 0 Å². The summed E-state index contributed by atoms with van der Waals surface area (Å²) in [5, 5.41) is 11.4. The smallest absolute Gasteiger partial charge is 0.371 e. The van der Waals surface area contributed by atoms with Gasteiger partial charge in [0, 0.05) is 5.56 Å². The lowest BCUT2D eigenvalue weighted by Crippen LogP contribution is -2.43. The van der Waals surface area contributed by atoms with Gasteiger partial charge in [-0.25, -0.2) is 4.39 Å². The molecule has 1 heterocycles. The largest absolute Gasteiger partial charge is 0.426 e. The third-order valence-electron chi connectivity index (χ3n) is 2.55. The Kier molecular flexibility index (Phi) is 3.16. The predicted molar refractivity (Wildman–Crippen MR) is 59.8 cm³/mol. The summed E-state index contributed by atoms with van der Waals surface area (Å²) in [5.41, 5.74) is -4.10. The molecule has 96 valence electrons. The minimum atomic E-state index is -5.00. The van der Waals surface area contributed by atoms with Crippen molar-refractivity contribution >= 4 is 11.3 Å². The van der Waals surface area contributed by atoms with E-state index in [0.717, 1.165) is 29.5 Å². The van der Waals surface area contributed by atoms with E-state index >= 15 is 0 Å². The summed E-state index contributed by atoms with van der Waals surface area (Å²) in [4.78, 5) is -0.361. The molecular weight excluding hydrogens is 268 g/mol. The fourth-order valence-electron chi connectivity index (χ4n) is 1.66. The standard InChI is InChI=1S/C12H8F4OS/c13-9-5-2-1-4-8(9)11(17,12(14,15)16)10-6-3-7-18-10/h1-7,17H. The van der Waals surface area contributed by atoms with Gasteiger partial charge in [0.2, 0.25) is 5.60 Å². The average molecular weight is 276 g/mol. The topological polar surface area (TPSA) is 20.2 Å². The Hall–Kier alpha value is -1.40. The molecule has 18 heavy (non-hydrogen) atoms. The van der Waals surface area contributed by atoms with Gasteiger partial charge in [0.15, 0.2) is 0 Å². The monoisotopic (exact) mass is 276 g/mol. The Bertz CT molecular complexity index is 535. The Labute approximate surface area is 104 Å². The van der Waals surface area contributed by atoms with Crippen molar-refractivity contribution in [3.63, 3.8) is 0 Å². The molecule has 1 aromatic carbocycles. The maximum Gasteiger partial charge on any atom is 0.426 e. The zero-order valence-corrected chi connectivity index (χ0v) is 9.73. The lowest BCUT2D eigenvalue weighted by Gasteiger charge is -2.30. The summed E-state index contributed by atoms with van der Waals surface area (Å²) >= 11 is 0.724. The van der Waals surface area contributed by atoms with Gasteiger partial charge in [0.1, 0.15) is 5.82 Å². The van der Waals surface area contributed by atoms with Gasteiger partial charge in [-0.1, -0.05) is 24.3 Å². The van der Waals surface area contributed by atoms with Gasteiger partial charge in [-0.15, -0.1) is 11.3 Å². The first-order valence-corrected chi connectivity index (χ1v) is 5.83. The Morgan fingerprint density at radius 1 is 1.00 bits per heavy atom. The highest BCUT2D eigenvalue weighted by atomic mass is 32.1. The molecule has 0 bridgehead atoms. The Morgan fingerprint density at radius 3 is 2.17 bits per heavy atom. The predicted octanol–water partition coefficient (Wildman–Crippen LogP) is 3.69. The summed E-state index contributed by atoms with van der Waals surface area (Å²) in [7, 11) is 0. The van der Waals surface area contributed by atoms with Crippen LogP contribution in [0.4, 0.5) is 17.6 Å². The van der Waals surface area contributed by atoms with Crippen LogP contribution in [0.2, 0.25) is 0 Å². The lowest BCUT2D eigenvalue weighted by molar-refractivity contribution is -0.248.